The standard InChI is InChI=1S/3C6H12O.2C5H10O/c3*1-4-6(7)5(2)3;2*1-4(2)5(3)6/h3*5H,4H2,1-3H3;2*4H,1-3H3. The van der Waals surface area contributed by atoms with Crippen LogP contribution in [0, 0.1) is 29.6 Å². The Morgan fingerprint density at radius 2 is 0.515 bits per heavy atom. The van der Waals surface area contributed by atoms with E-state index in [0.29, 0.717) is 36.6 Å². The first-order chi connectivity index (χ1) is 14.8. The zero-order valence-corrected chi connectivity index (χ0v) is 24.5. The first kappa shape index (κ1) is 41.6. The van der Waals surface area contributed by atoms with Gasteiger partial charge in [0.15, 0.2) is 0 Å². The van der Waals surface area contributed by atoms with Gasteiger partial charge < -0.3 is 0 Å². The maximum Gasteiger partial charge on any atom is 0.135 e. The van der Waals surface area contributed by atoms with Gasteiger partial charge in [0, 0.05) is 48.9 Å². The topological polar surface area (TPSA) is 85.3 Å². The molecule has 5 nitrogen and oxygen atoms in total. The van der Waals surface area contributed by atoms with E-state index in [1.54, 1.807) is 13.8 Å². The highest BCUT2D eigenvalue weighted by Gasteiger charge is 2.02. The molecule has 0 aliphatic rings. The van der Waals surface area contributed by atoms with Crippen molar-refractivity contribution >= 4 is 28.9 Å². The summed E-state index contributed by atoms with van der Waals surface area (Å²) in [5.74, 6) is 2.67. The summed E-state index contributed by atoms with van der Waals surface area (Å²) in [6, 6.07) is 0. The largest absolute Gasteiger partial charge is 0.300 e. The zero-order chi connectivity index (χ0) is 27.9. The first-order valence-electron chi connectivity index (χ1n) is 12.4. The number of hydrogen-bond donors (Lipinski definition) is 0. The van der Waals surface area contributed by atoms with E-state index in [0.717, 1.165) is 0 Å². The van der Waals surface area contributed by atoms with Crippen LogP contribution in [0.5, 0.6) is 0 Å². The van der Waals surface area contributed by atoms with Crippen LogP contribution in [0.2, 0.25) is 0 Å². The molecule has 0 aromatic heterocycles. The van der Waals surface area contributed by atoms with E-state index in [1.807, 2.05) is 90.0 Å². The van der Waals surface area contributed by atoms with Crippen molar-refractivity contribution in [1.82, 2.24) is 0 Å². The van der Waals surface area contributed by atoms with Crippen molar-refractivity contribution < 1.29 is 24.0 Å². The lowest BCUT2D eigenvalue weighted by Gasteiger charge is -1.96. The summed E-state index contributed by atoms with van der Waals surface area (Å²) in [4.78, 5) is 51.8. The smallest absolute Gasteiger partial charge is 0.135 e. The van der Waals surface area contributed by atoms with Crippen molar-refractivity contribution in [3.63, 3.8) is 0 Å². The van der Waals surface area contributed by atoms with Crippen LogP contribution in [0.1, 0.15) is 123 Å². The Morgan fingerprint density at radius 3 is 0.515 bits per heavy atom. The van der Waals surface area contributed by atoms with E-state index < -0.39 is 0 Å². The maximum atomic E-state index is 10.5. The van der Waals surface area contributed by atoms with E-state index in [4.69, 9.17) is 0 Å². The SMILES string of the molecule is CC(=O)C(C)C.CC(=O)C(C)C.CCC(=O)C(C)C.CCC(=O)C(C)C.CCC(=O)C(C)C. The molecule has 0 radical (unpaired) electrons. The van der Waals surface area contributed by atoms with Crippen molar-refractivity contribution in [2.45, 2.75) is 123 Å². The molecule has 0 amide bonds. The second-order valence-electron chi connectivity index (χ2n) is 9.45. The van der Waals surface area contributed by atoms with Gasteiger partial charge in [0.1, 0.15) is 28.9 Å². The van der Waals surface area contributed by atoms with Crippen LogP contribution in [-0.4, -0.2) is 28.9 Å². The van der Waals surface area contributed by atoms with Gasteiger partial charge in [0.05, 0.1) is 0 Å². The predicted octanol–water partition coefficient (Wildman–Crippen LogP) is 7.33. The fourth-order valence-electron chi connectivity index (χ4n) is 1.22. The van der Waals surface area contributed by atoms with Gasteiger partial charge in [0.2, 0.25) is 0 Å². The Morgan fingerprint density at radius 1 is 0.394 bits per heavy atom. The van der Waals surface area contributed by atoms with E-state index in [2.05, 4.69) is 0 Å². The maximum absolute atomic E-state index is 10.5. The highest BCUT2D eigenvalue weighted by Crippen LogP contribution is 1.97. The normalized spacial score (nSPS) is 9.58. The van der Waals surface area contributed by atoms with Crippen molar-refractivity contribution in [2.24, 2.45) is 29.6 Å². The summed E-state index contributed by atoms with van der Waals surface area (Å²) < 4.78 is 0. The third-order valence-electron chi connectivity index (χ3n) is 4.60. The van der Waals surface area contributed by atoms with Gasteiger partial charge >= 0.3 is 0 Å². The van der Waals surface area contributed by atoms with E-state index in [9.17, 15) is 24.0 Å². The fourth-order valence-corrected chi connectivity index (χ4v) is 1.22. The molecule has 5 heteroatoms. The highest BCUT2D eigenvalue weighted by molar-refractivity contribution is 5.80. The average Bonchev–Trinajstić information content (AvgIpc) is 2.73. The number of hydrogen-bond acceptors (Lipinski definition) is 5. The molecule has 0 saturated carbocycles. The average molecular weight is 473 g/mol. The van der Waals surface area contributed by atoms with Gasteiger partial charge in [-0.25, -0.2) is 0 Å². The number of carbonyl (C=O) groups is 5. The van der Waals surface area contributed by atoms with Crippen molar-refractivity contribution in [3.8, 4) is 0 Å². The van der Waals surface area contributed by atoms with E-state index in [1.165, 1.54) is 0 Å². The minimum absolute atomic E-state index is 0.213. The summed E-state index contributed by atoms with van der Waals surface area (Å²) in [6.07, 6.45) is 2.03. The molecular weight excluding hydrogens is 416 g/mol. The molecule has 0 rings (SSSR count). The lowest BCUT2D eigenvalue weighted by Crippen LogP contribution is -2.03. The highest BCUT2D eigenvalue weighted by atomic mass is 16.1. The molecule has 0 unspecified atom stereocenters. The molecule has 0 aromatic carbocycles. The second-order valence-corrected chi connectivity index (χ2v) is 9.45. The summed E-state index contributed by atoms with van der Waals surface area (Å²) >= 11 is 0. The minimum atomic E-state index is 0.213. The lowest BCUT2D eigenvalue weighted by atomic mass is 10.1. The summed E-state index contributed by atoms with van der Waals surface area (Å²) in [5.41, 5.74) is 0. The van der Waals surface area contributed by atoms with Gasteiger partial charge in [-0.05, 0) is 13.8 Å². The Hall–Kier alpha value is -1.65. The van der Waals surface area contributed by atoms with Crippen molar-refractivity contribution in [1.29, 1.82) is 0 Å². The number of rotatable bonds is 8. The third-order valence-corrected chi connectivity index (χ3v) is 4.60. The molecule has 0 aromatic rings. The number of carbonyl (C=O) groups excluding carboxylic acids is 5. The van der Waals surface area contributed by atoms with Gasteiger partial charge in [0.25, 0.3) is 0 Å². The molecule has 0 aliphatic heterocycles. The van der Waals surface area contributed by atoms with Gasteiger partial charge in [-0.3, -0.25) is 24.0 Å². The van der Waals surface area contributed by atoms with Crippen LogP contribution in [0.15, 0.2) is 0 Å². The van der Waals surface area contributed by atoms with Crippen LogP contribution in [0.4, 0.5) is 0 Å². The molecule has 0 saturated heterocycles. The van der Waals surface area contributed by atoms with Crippen LogP contribution in [0.3, 0.4) is 0 Å². The van der Waals surface area contributed by atoms with Gasteiger partial charge in [-0.2, -0.15) is 0 Å². The molecule has 0 atom stereocenters. The Balaban J connectivity index is -0.0000000992. The van der Waals surface area contributed by atoms with Crippen LogP contribution >= 0.6 is 0 Å². The van der Waals surface area contributed by atoms with Gasteiger partial charge in [-0.15, -0.1) is 0 Å². The van der Waals surface area contributed by atoms with Crippen LogP contribution in [-0.2, 0) is 24.0 Å². The van der Waals surface area contributed by atoms with E-state index >= 15 is 0 Å². The molecule has 0 heterocycles. The summed E-state index contributed by atoms with van der Waals surface area (Å²) in [5, 5.41) is 0. The Bertz CT molecular complexity index is 461. The second kappa shape index (κ2) is 26.6. The zero-order valence-electron chi connectivity index (χ0n) is 24.5. The number of ketones is 5. The van der Waals surface area contributed by atoms with Crippen molar-refractivity contribution in [2.75, 3.05) is 0 Å². The first-order valence-corrected chi connectivity index (χ1v) is 12.4. The molecule has 0 spiro atoms. The minimum Gasteiger partial charge on any atom is -0.300 e. The molecule has 0 fully saturated rings. The monoisotopic (exact) mass is 472 g/mol. The Kier molecular flexibility index (Phi) is 33.5. The van der Waals surface area contributed by atoms with E-state index in [-0.39, 0.29) is 41.2 Å². The fraction of sp³-hybridized carbons (Fsp3) is 0.821. The molecule has 0 N–H and O–H groups in total. The molecular formula is C28H56O5. The molecule has 33 heavy (non-hydrogen) atoms. The molecule has 198 valence electrons. The molecule has 0 bridgehead atoms. The predicted molar refractivity (Wildman–Crippen MR) is 141 cm³/mol. The summed E-state index contributed by atoms with van der Waals surface area (Å²) in [7, 11) is 0. The van der Waals surface area contributed by atoms with Crippen LogP contribution in [0.25, 0.3) is 0 Å². The summed E-state index contributed by atoms with van der Waals surface area (Å²) in [6.45, 7) is 28.0. The van der Waals surface area contributed by atoms with Crippen molar-refractivity contribution in [3.05, 3.63) is 0 Å². The third kappa shape index (κ3) is 41.1. The lowest BCUT2D eigenvalue weighted by molar-refractivity contribution is -0.122. The quantitative estimate of drug-likeness (QED) is 0.369. The van der Waals surface area contributed by atoms with Gasteiger partial charge in [-0.1, -0.05) is 90.0 Å². The number of Topliss-reactive ketones (excluding diaryl/α,β-unsaturated/α-hetero) is 5. The Labute approximate surface area is 205 Å². The van der Waals surface area contributed by atoms with Crippen LogP contribution < -0.4 is 0 Å². The molecule has 0 aliphatic carbocycles.